The molecule has 464 valence electrons. The summed E-state index contributed by atoms with van der Waals surface area (Å²) in [7, 11) is 0. The Morgan fingerprint density at radius 3 is 0.558 bits per heavy atom. The van der Waals surface area contributed by atoms with Gasteiger partial charge in [0.2, 0.25) is 0 Å². The minimum absolute atomic E-state index is 0.0411. The summed E-state index contributed by atoms with van der Waals surface area (Å²) in [6.45, 7) is 16.5. The summed E-state index contributed by atoms with van der Waals surface area (Å²) in [5.74, 6) is 3.31. The van der Waals surface area contributed by atoms with E-state index in [1.165, 1.54) is 231 Å². The van der Waals surface area contributed by atoms with Crippen LogP contribution >= 0.6 is 50.5 Å². The van der Waals surface area contributed by atoms with Crippen molar-refractivity contribution in [2.45, 2.75) is 338 Å². The number of aliphatic hydroxyl groups is 4. The number of thiol groups is 4. The van der Waals surface area contributed by atoms with Crippen molar-refractivity contribution in [1.29, 1.82) is 0 Å². The molecule has 4 atom stereocenters. The average Bonchev–Trinajstić information content (AvgIpc) is 3.41. The van der Waals surface area contributed by atoms with E-state index in [2.05, 4.69) is 106 Å². The van der Waals surface area contributed by atoms with Crippen LogP contribution in [-0.4, -0.2) is 67.3 Å². The van der Waals surface area contributed by atoms with Crippen LogP contribution in [0.15, 0.2) is 0 Å². The molecule has 0 bridgehead atoms. The Morgan fingerprint density at radius 2 is 0.429 bits per heavy atom. The Balaban J connectivity index is -0.000000284. The zero-order chi connectivity index (χ0) is 59.1. The molecule has 0 aliphatic heterocycles. The molecule has 0 rings (SSSR count). The molecule has 0 amide bonds. The summed E-state index contributed by atoms with van der Waals surface area (Å²) < 4.78 is 0. The van der Waals surface area contributed by atoms with Gasteiger partial charge in [0.05, 0.1) is 31.8 Å². The van der Waals surface area contributed by atoms with E-state index < -0.39 is 31.8 Å². The van der Waals surface area contributed by atoms with Crippen LogP contribution in [0.3, 0.4) is 0 Å². The SMILES string of the molecule is CCCCCCCCC(CC)CCCC(=O)S.CCCCCCCCC(CC)CCCC(=O)S.CCCCCCCCC(CC)CCCC(=O)S.CCCCCCCCC(CC)CCCC(=O)S.OCC(CO)(CO)CO. The lowest BCUT2D eigenvalue weighted by atomic mass is 9.93. The molecular formula is C65H132O8S4. The van der Waals surface area contributed by atoms with Crippen LogP contribution in [0, 0.1) is 29.1 Å². The summed E-state index contributed by atoms with van der Waals surface area (Å²) in [6.07, 6.45) is 55.1. The first-order valence-electron chi connectivity index (χ1n) is 32.4. The fraction of sp³-hybridized carbons (Fsp3) is 0.938. The average molecular weight is 1170 g/mol. The molecule has 8 nitrogen and oxygen atoms in total. The van der Waals surface area contributed by atoms with E-state index in [4.69, 9.17) is 20.4 Å². The van der Waals surface area contributed by atoms with E-state index in [9.17, 15) is 19.2 Å². The van der Waals surface area contributed by atoms with E-state index >= 15 is 0 Å². The Bertz CT molecular complexity index is 1030. The smallest absolute Gasteiger partial charge is 0.185 e. The standard InChI is InChI=1S/4C15H30OS.C5H12O4/c4*1-3-5-6-7-8-9-11-14(4-2)12-10-13-15(16)17;6-1-5(2-7,3-8)4-9/h4*14H,3-13H2,1-2H3,(H,16,17);6-9H,1-4H2. The number of unbranched alkanes of at least 4 members (excludes halogenated alkanes) is 20. The van der Waals surface area contributed by atoms with Gasteiger partial charge in [-0.1, -0.05) is 287 Å². The molecule has 0 aliphatic carbocycles. The number of rotatable bonds is 52. The predicted molar refractivity (Wildman–Crippen MR) is 349 cm³/mol. The second-order valence-electron chi connectivity index (χ2n) is 22.6. The van der Waals surface area contributed by atoms with Gasteiger partial charge in [-0.05, 0) is 49.4 Å². The van der Waals surface area contributed by atoms with Gasteiger partial charge in [0, 0.05) is 25.7 Å². The monoisotopic (exact) mass is 1170 g/mol. The van der Waals surface area contributed by atoms with E-state index in [0.717, 1.165) is 49.4 Å². The molecule has 0 aliphatic rings. The van der Waals surface area contributed by atoms with E-state index in [-0.39, 0.29) is 20.5 Å². The van der Waals surface area contributed by atoms with Crippen molar-refractivity contribution in [2.75, 3.05) is 26.4 Å². The Hall–Kier alpha value is -0.0800. The van der Waals surface area contributed by atoms with Gasteiger partial charge in [0.15, 0.2) is 20.5 Å². The highest BCUT2D eigenvalue weighted by Gasteiger charge is 2.26. The van der Waals surface area contributed by atoms with Crippen LogP contribution in [0.25, 0.3) is 0 Å². The Morgan fingerprint density at radius 1 is 0.273 bits per heavy atom. The molecule has 4 N–H and O–H groups in total. The second-order valence-corrected chi connectivity index (χ2v) is 24.6. The molecule has 0 aromatic rings. The highest BCUT2D eigenvalue weighted by Crippen LogP contribution is 2.24. The van der Waals surface area contributed by atoms with Crippen molar-refractivity contribution in [1.82, 2.24) is 0 Å². The summed E-state index contributed by atoms with van der Waals surface area (Å²) in [5, 5.41) is 34.2. The summed E-state index contributed by atoms with van der Waals surface area (Å²) in [6, 6.07) is 0. The minimum atomic E-state index is -1.11. The summed E-state index contributed by atoms with van der Waals surface area (Å²) in [4.78, 5) is 43.0. The van der Waals surface area contributed by atoms with Gasteiger partial charge >= 0.3 is 0 Å². The zero-order valence-corrected chi connectivity index (χ0v) is 55.5. The van der Waals surface area contributed by atoms with Crippen molar-refractivity contribution in [2.24, 2.45) is 29.1 Å². The fourth-order valence-corrected chi connectivity index (χ4v) is 10.2. The first-order chi connectivity index (χ1) is 37.1. The summed E-state index contributed by atoms with van der Waals surface area (Å²) >= 11 is 15.2. The lowest BCUT2D eigenvalue weighted by Gasteiger charge is -2.23. The van der Waals surface area contributed by atoms with Gasteiger partial charge in [-0.2, -0.15) is 0 Å². The molecule has 0 heterocycles. The first kappa shape index (κ1) is 85.7. The van der Waals surface area contributed by atoms with Gasteiger partial charge < -0.3 is 20.4 Å². The molecule has 12 heteroatoms. The van der Waals surface area contributed by atoms with Crippen molar-refractivity contribution >= 4 is 71.0 Å². The maximum absolute atomic E-state index is 10.7. The second kappa shape index (κ2) is 70.2. The lowest BCUT2D eigenvalue weighted by Crippen LogP contribution is -2.37. The van der Waals surface area contributed by atoms with Gasteiger partial charge in [-0.15, -0.1) is 50.5 Å². The molecule has 77 heavy (non-hydrogen) atoms. The van der Waals surface area contributed by atoms with Gasteiger partial charge in [-0.25, -0.2) is 0 Å². The number of hydrogen-bond acceptors (Lipinski definition) is 8. The van der Waals surface area contributed by atoms with Gasteiger partial charge in [-0.3, -0.25) is 19.2 Å². The fourth-order valence-electron chi connectivity index (χ4n) is 9.53. The maximum Gasteiger partial charge on any atom is 0.185 e. The van der Waals surface area contributed by atoms with Crippen LogP contribution in [0.1, 0.15) is 338 Å². The topological polar surface area (TPSA) is 149 Å². The minimum Gasteiger partial charge on any atom is -0.396 e. The third-order valence-corrected chi connectivity index (χ3v) is 16.4. The largest absolute Gasteiger partial charge is 0.396 e. The van der Waals surface area contributed by atoms with Gasteiger partial charge in [0.25, 0.3) is 0 Å². The van der Waals surface area contributed by atoms with Crippen LogP contribution in [-0.2, 0) is 19.2 Å². The van der Waals surface area contributed by atoms with Crippen molar-refractivity contribution in [3.63, 3.8) is 0 Å². The Kier molecular flexibility index (Phi) is 78.1. The van der Waals surface area contributed by atoms with Gasteiger partial charge in [0.1, 0.15) is 0 Å². The number of hydrogen-bond donors (Lipinski definition) is 8. The highest BCUT2D eigenvalue weighted by atomic mass is 32.1. The molecular weight excluding hydrogens is 1040 g/mol. The van der Waals surface area contributed by atoms with Crippen LogP contribution in [0.4, 0.5) is 0 Å². The normalized spacial score (nSPS) is 12.6. The maximum atomic E-state index is 10.7. The molecule has 0 aromatic heterocycles. The first-order valence-corrected chi connectivity index (χ1v) is 34.1. The molecule has 0 radical (unpaired) electrons. The third-order valence-electron chi connectivity index (χ3n) is 15.5. The number of carbonyl (C=O) groups excluding carboxylic acids is 4. The molecule has 0 saturated heterocycles. The predicted octanol–water partition coefficient (Wildman–Crippen LogP) is 19.5. The number of carbonyl (C=O) groups is 4. The zero-order valence-electron chi connectivity index (χ0n) is 52.0. The highest BCUT2D eigenvalue weighted by molar-refractivity contribution is 7.97. The van der Waals surface area contributed by atoms with Crippen LogP contribution in [0.2, 0.25) is 0 Å². The third kappa shape index (κ3) is 72.0. The van der Waals surface area contributed by atoms with Crippen LogP contribution in [0.5, 0.6) is 0 Å². The lowest BCUT2D eigenvalue weighted by molar-refractivity contribution is -0.111. The molecule has 0 fully saturated rings. The van der Waals surface area contributed by atoms with Crippen molar-refractivity contribution in [3.8, 4) is 0 Å². The van der Waals surface area contributed by atoms with Crippen molar-refractivity contribution in [3.05, 3.63) is 0 Å². The number of aliphatic hydroxyl groups excluding tert-OH is 4. The Labute approximate surface area is 501 Å². The van der Waals surface area contributed by atoms with Crippen molar-refractivity contribution < 1.29 is 39.6 Å². The molecule has 0 spiro atoms. The molecule has 0 saturated carbocycles. The molecule has 0 aromatic carbocycles. The van der Waals surface area contributed by atoms with E-state index in [0.29, 0.717) is 25.7 Å². The van der Waals surface area contributed by atoms with E-state index in [1.54, 1.807) is 0 Å². The van der Waals surface area contributed by atoms with Crippen LogP contribution < -0.4 is 0 Å². The quantitative estimate of drug-likeness (QED) is 0.0222. The molecule has 4 unspecified atom stereocenters. The summed E-state index contributed by atoms with van der Waals surface area (Å²) in [5.41, 5.74) is -1.11. The van der Waals surface area contributed by atoms with E-state index in [1.807, 2.05) is 0 Å².